The first-order valence-corrected chi connectivity index (χ1v) is 8.89. The van der Waals surface area contributed by atoms with Gasteiger partial charge in [0.15, 0.2) is 6.61 Å². The van der Waals surface area contributed by atoms with Crippen LogP contribution in [0.5, 0.6) is 0 Å². The minimum atomic E-state index is -0.840. The Bertz CT molecular complexity index is 757. The van der Waals surface area contributed by atoms with Gasteiger partial charge in [0.05, 0.1) is 9.21 Å². The number of esters is 1. The van der Waals surface area contributed by atoms with Gasteiger partial charge in [-0.15, -0.1) is 11.3 Å². The van der Waals surface area contributed by atoms with Crippen LogP contribution in [0.25, 0.3) is 0 Å². The van der Waals surface area contributed by atoms with Gasteiger partial charge in [0.1, 0.15) is 6.04 Å². The minimum absolute atomic E-state index is 0.188. The third-order valence-corrected chi connectivity index (χ3v) is 4.71. The lowest BCUT2D eigenvalue weighted by Gasteiger charge is -2.20. The van der Waals surface area contributed by atoms with Crippen LogP contribution in [0.3, 0.4) is 0 Å². The number of ether oxygens (including phenoxy) is 1. The lowest BCUT2D eigenvalue weighted by molar-refractivity contribution is -0.145. The first-order valence-electron chi connectivity index (χ1n) is 7.69. The fourth-order valence-corrected chi connectivity index (χ4v) is 3.04. The predicted molar refractivity (Wildman–Crippen MR) is 97.2 cm³/mol. The van der Waals surface area contributed by atoms with Crippen molar-refractivity contribution in [2.75, 3.05) is 6.61 Å². The second kappa shape index (κ2) is 8.78. The molecule has 2 rings (SSSR count). The summed E-state index contributed by atoms with van der Waals surface area (Å²) in [5.41, 5.74) is 0.449. The van der Waals surface area contributed by atoms with E-state index in [4.69, 9.17) is 16.3 Å². The number of hydrogen-bond donors (Lipinski definition) is 1. The molecule has 2 aromatic rings. The van der Waals surface area contributed by atoms with Gasteiger partial charge in [-0.3, -0.25) is 9.59 Å². The zero-order chi connectivity index (χ0) is 18.4. The Hall–Kier alpha value is -2.18. The number of rotatable bonds is 7. The smallest absolute Gasteiger partial charge is 0.329 e. The molecule has 0 saturated heterocycles. The number of nitrogens with one attached hydrogen (secondary N) is 1. The molecule has 5 nitrogen and oxygen atoms in total. The fourth-order valence-electron chi connectivity index (χ4n) is 2.07. The summed E-state index contributed by atoms with van der Waals surface area (Å²) in [6.45, 7) is 3.19. The van der Waals surface area contributed by atoms with Crippen molar-refractivity contribution >= 4 is 40.6 Å². The van der Waals surface area contributed by atoms with E-state index in [1.165, 1.54) is 0 Å². The molecule has 0 aliphatic rings. The van der Waals surface area contributed by atoms with Gasteiger partial charge >= 0.3 is 5.97 Å². The van der Waals surface area contributed by atoms with Crippen molar-refractivity contribution in [1.29, 1.82) is 0 Å². The van der Waals surface area contributed by atoms with Crippen LogP contribution in [0.1, 0.15) is 33.9 Å². The minimum Gasteiger partial charge on any atom is -0.456 e. The van der Waals surface area contributed by atoms with Crippen LogP contribution in [0.15, 0.2) is 42.5 Å². The number of thiophene rings is 1. The highest BCUT2D eigenvalue weighted by atomic mass is 35.5. The number of benzene rings is 1. The second-order valence-electron chi connectivity index (χ2n) is 5.70. The first kappa shape index (κ1) is 19.1. The summed E-state index contributed by atoms with van der Waals surface area (Å²) in [4.78, 5) is 36.9. The van der Waals surface area contributed by atoms with E-state index in [-0.39, 0.29) is 24.2 Å². The standard InChI is InChI=1S/C18H18ClNO4S/c1-11(2)16(20-17(22)12-6-4-3-5-7-12)18(23)24-10-13(21)14-8-9-15(19)25-14/h3-9,11,16H,10H2,1-2H3,(H,20,22). The normalized spacial score (nSPS) is 11.8. The van der Waals surface area contributed by atoms with Gasteiger partial charge in [0.25, 0.3) is 5.91 Å². The van der Waals surface area contributed by atoms with E-state index in [1.807, 2.05) is 0 Å². The van der Waals surface area contributed by atoms with Gasteiger partial charge in [0.2, 0.25) is 5.78 Å². The Kier molecular flexibility index (Phi) is 6.73. The molecular formula is C18H18ClNO4S. The number of carbonyl (C=O) groups is 3. The maximum atomic E-state index is 12.3. The highest BCUT2D eigenvalue weighted by Gasteiger charge is 2.27. The van der Waals surface area contributed by atoms with Gasteiger partial charge in [-0.2, -0.15) is 0 Å². The summed E-state index contributed by atoms with van der Waals surface area (Å²) < 4.78 is 5.58. The topological polar surface area (TPSA) is 72.5 Å². The quantitative estimate of drug-likeness (QED) is 0.589. The Morgan fingerprint density at radius 1 is 1.12 bits per heavy atom. The molecule has 0 bridgehead atoms. The number of amides is 1. The molecule has 1 unspecified atom stereocenters. The average molecular weight is 380 g/mol. The molecule has 132 valence electrons. The largest absolute Gasteiger partial charge is 0.456 e. The van der Waals surface area contributed by atoms with E-state index in [2.05, 4.69) is 5.32 Å². The lowest BCUT2D eigenvalue weighted by atomic mass is 10.0. The molecule has 1 heterocycles. The van der Waals surface area contributed by atoms with Crippen molar-refractivity contribution in [3.8, 4) is 0 Å². The summed E-state index contributed by atoms with van der Waals surface area (Å²) in [6.07, 6.45) is 0. The number of carbonyl (C=O) groups excluding carboxylic acids is 3. The van der Waals surface area contributed by atoms with E-state index in [0.29, 0.717) is 14.8 Å². The Morgan fingerprint density at radius 2 is 1.80 bits per heavy atom. The highest BCUT2D eigenvalue weighted by Crippen LogP contribution is 2.21. The third-order valence-electron chi connectivity index (χ3n) is 3.44. The summed E-state index contributed by atoms with van der Waals surface area (Å²) in [5.74, 6) is -1.53. The van der Waals surface area contributed by atoms with Crippen LogP contribution in [-0.2, 0) is 9.53 Å². The highest BCUT2D eigenvalue weighted by molar-refractivity contribution is 7.18. The summed E-state index contributed by atoms with van der Waals surface area (Å²) >= 11 is 6.91. The van der Waals surface area contributed by atoms with Gasteiger partial charge in [-0.1, -0.05) is 43.6 Å². The third kappa shape index (κ3) is 5.41. The van der Waals surface area contributed by atoms with Gasteiger partial charge in [0, 0.05) is 5.56 Å². The molecule has 0 radical (unpaired) electrons. The summed E-state index contributed by atoms with van der Waals surface area (Å²) in [6, 6.07) is 10.9. The van der Waals surface area contributed by atoms with Gasteiger partial charge < -0.3 is 10.1 Å². The monoisotopic (exact) mass is 379 g/mol. The lowest BCUT2D eigenvalue weighted by Crippen LogP contribution is -2.45. The molecule has 1 atom stereocenters. The molecular weight excluding hydrogens is 362 g/mol. The molecule has 1 aromatic heterocycles. The van der Waals surface area contributed by atoms with Crippen LogP contribution in [0, 0.1) is 5.92 Å². The maximum absolute atomic E-state index is 12.3. The molecule has 1 N–H and O–H groups in total. The van der Waals surface area contributed by atoms with Crippen LogP contribution in [0.2, 0.25) is 4.34 Å². The van der Waals surface area contributed by atoms with Crippen LogP contribution in [-0.4, -0.2) is 30.3 Å². The maximum Gasteiger partial charge on any atom is 0.329 e. The molecule has 1 amide bonds. The van der Waals surface area contributed by atoms with Crippen molar-refractivity contribution in [2.45, 2.75) is 19.9 Å². The SMILES string of the molecule is CC(C)C(NC(=O)c1ccccc1)C(=O)OCC(=O)c1ccc(Cl)s1. The van der Waals surface area contributed by atoms with Gasteiger partial charge in [-0.05, 0) is 30.2 Å². The Morgan fingerprint density at radius 3 is 2.36 bits per heavy atom. The first-order chi connectivity index (χ1) is 11.9. The van der Waals surface area contributed by atoms with Crippen LogP contribution in [0.4, 0.5) is 0 Å². The molecule has 0 saturated carbocycles. The van der Waals surface area contributed by atoms with E-state index in [9.17, 15) is 14.4 Å². The second-order valence-corrected chi connectivity index (χ2v) is 7.41. The Labute approximate surface area is 154 Å². The summed E-state index contributed by atoms with van der Waals surface area (Å²) in [7, 11) is 0. The predicted octanol–water partition coefficient (Wildman–Crippen LogP) is 3.58. The molecule has 0 aliphatic heterocycles. The molecule has 0 spiro atoms. The zero-order valence-corrected chi connectivity index (χ0v) is 15.4. The van der Waals surface area contributed by atoms with Crippen molar-refractivity contribution in [3.63, 3.8) is 0 Å². The number of Topliss-reactive ketones (excluding diaryl/α,β-unsaturated/α-hetero) is 1. The van der Waals surface area contributed by atoms with E-state index in [0.717, 1.165) is 11.3 Å². The Balaban J connectivity index is 1.96. The summed E-state index contributed by atoms with van der Waals surface area (Å²) in [5, 5.41) is 2.66. The number of halogens is 1. The van der Waals surface area contributed by atoms with E-state index < -0.39 is 12.0 Å². The van der Waals surface area contributed by atoms with Crippen molar-refractivity contribution in [3.05, 3.63) is 57.2 Å². The van der Waals surface area contributed by atoms with Crippen molar-refractivity contribution < 1.29 is 19.1 Å². The molecule has 1 aromatic carbocycles. The zero-order valence-electron chi connectivity index (χ0n) is 13.8. The molecule has 25 heavy (non-hydrogen) atoms. The number of hydrogen-bond acceptors (Lipinski definition) is 5. The van der Waals surface area contributed by atoms with E-state index >= 15 is 0 Å². The fraction of sp³-hybridized carbons (Fsp3) is 0.278. The van der Waals surface area contributed by atoms with Gasteiger partial charge in [-0.25, -0.2) is 4.79 Å². The van der Waals surface area contributed by atoms with Crippen molar-refractivity contribution in [2.24, 2.45) is 5.92 Å². The van der Waals surface area contributed by atoms with Crippen LogP contribution >= 0.6 is 22.9 Å². The van der Waals surface area contributed by atoms with Crippen molar-refractivity contribution in [1.82, 2.24) is 5.32 Å². The van der Waals surface area contributed by atoms with E-state index in [1.54, 1.807) is 56.3 Å². The van der Waals surface area contributed by atoms with Crippen LogP contribution < -0.4 is 5.32 Å². The average Bonchev–Trinajstić information content (AvgIpc) is 3.04. The number of ketones is 1. The molecule has 0 fully saturated rings. The molecule has 0 aliphatic carbocycles. The molecule has 7 heteroatoms.